The van der Waals surface area contributed by atoms with Crippen molar-refractivity contribution in [2.45, 2.75) is 18.4 Å². The third-order valence-corrected chi connectivity index (χ3v) is 3.65. The van der Waals surface area contributed by atoms with E-state index in [1.54, 1.807) is 0 Å². The van der Waals surface area contributed by atoms with Gasteiger partial charge >= 0.3 is 0 Å². The zero-order valence-corrected chi connectivity index (χ0v) is 10.7. The summed E-state index contributed by atoms with van der Waals surface area (Å²) in [5.74, 6) is -0.668. The average Bonchev–Trinajstić information content (AvgIpc) is 2.86. The van der Waals surface area contributed by atoms with Crippen LogP contribution in [0.25, 0.3) is 0 Å². The van der Waals surface area contributed by atoms with Gasteiger partial charge < -0.3 is 9.84 Å². The number of ether oxygens (including phenoxy) is 1. The number of aliphatic hydroxyl groups excluding tert-OH is 1. The van der Waals surface area contributed by atoms with Gasteiger partial charge in [0, 0.05) is 24.0 Å². The molecule has 0 saturated heterocycles. The summed E-state index contributed by atoms with van der Waals surface area (Å²) in [7, 11) is 0. The lowest BCUT2D eigenvalue weighted by Gasteiger charge is -2.17. The molecule has 0 amide bonds. The second kappa shape index (κ2) is 5.21. The minimum atomic E-state index is -0.765. The number of benzene rings is 2. The van der Waals surface area contributed by atoms with Crippen LogP contribution >= 0.6 is 0 Å². The molecule has 2 atom stereocenters. The molecule has 2 aromatic carbocycles. The monoisotopic (exact) mass is 276 g/mol. The lowest BCUT2D eigenvalue weighted by atomic mass is 9.91. The standard InChI is InChI=1S/C16H14F2O2/c17-11-6-5-10(14(18)8-11)7-15(19)13-9-20-16-4-2-1-3-12(13)16/h1-6,8,13,15,19H,7,9H2. The van der Waals surface area contributed by atoms with Crippen molar-refractivity contribution >= 4 is 0 Å². The predicted octanol–water partition coefficient (Wildman–Crippen LogP) is 3.04. The molecule has 0 aromatic heterocycles. The lowest BCUT2D eigenvalue weighted by Crippen LogP contribution is -2.22. The van der Waals surface area contributed by atoms with Crippen LogP contribution < -0.4 is 4.74 Å². The van der Waals surface area contributed by atoms with Crippen LogP contribution in [0.15, 0.2) is 42.5 Å². The van der Waals surface area contributed by atoms with Crippen molar-refractivity contribution in [1.29, 1.82) is 0 Å². The zero-order chi connectivity index (χ0) is 14.1. The van der Waals surface area contributed by atoms with Crippen LogP contribution in [0, 0.1) is 11.6 Å². The Morgan fingerprint density at radius 2 is 2.00 bits per heavy atom. The Morgan fingerprint density at radius 3 is 2.80 bits per heavy atom. The maximum atomic E-state index is 13.6. The van der Waals surface area contributed by atoms with E-state index in [0.29, 0.717) is 12.2 Å². The van der Waals surface area contributed by atoms with Crippen LogP contribution in [0.4, 0.5) is 8.78 Å². The minimum absolute atomic E-state index is 0.133. The van der Waals surface area contributed by atoms with Crippen molar-refractivity contribution < 1.29 is 18.6 Å². The normalized spacial score (nSPS) is 18.4. The molecule has 4 heteroatoms. The van der Waals surface area contributed by atoms with E-state index in [0.717, 1.165) is 17.4 Å². The molecule has 0 radical (unpaired) electrons. The number of rotatable bonds is 3. The summed E-state index contributed by atoms with van der Waals surface area (Å²) in [6.07, 6.45) is -0.632. The summed E-state index contributed by atoms with van der Waals surface area (Å²) < 4.78 is 32.0. The molecule has 20 heavy (non-hydrogen) atoms. The van der Waals surface area contributed by atoms with Gasteiger partial charge in [-0.3, -0.25) is 0 Å². The topological polar surface area (TPSA) is 29.5 Å². The second-order valence-corrected chi connectivity index (χ2v) is 4.96. The van der Waals surface area contributed by atoms with E-state index in [1.165, 1.54) is 12.1 Å². The summed E-state index contributed by atoms with van der Waals surface area (Å²) in [5.41, 5.74) is 1.24. The first-order chi connectivity index (χ1) is 9.65. The molecule has 0 spiro atoms. The SMILES string of the molecule is OC(Cc1ccc(F)cc1F)C1COc2ccccc21. The lowest BCUT2D eigenvalue weighted by molar-refractivity contribution is 0.128. The fourth-order valence-electron chi connectivity index (χ4n) is 2.56. The van der Waals surface area contributed by atoms with Crippen LogP contribution in [0.3, 0.4) is 0 Å². The van der Waals surface area contributed by atoms with Crippen molar-refractivity contribution in [3.63, 3.8) is 0 Å². The number of fused-ring (bicyclic) bond motifs is 1. The number of hydrogen-bond donors (Lipinski definition) is 1. The third-order valence-electron chi connectivity index (χ3n) is 3.65. The molecule has 2 unspecified atom stereocenters. The summed E-state index contributed by atoms with van der Waals surface area (Å²) >= 11 is 0. The van der Waals surface area contributed by atoms with Crippen molar-refractivity contribution in [1.82, 2.24) is 0 Å². The average molecular weight is 276 g/mol. The number of hydrogen-bond acceptors (Lipinski definition) is 2. The molecule has 2 nitrogen and oxygen atoms in total. The molecular formula is C16H14F2O2. The molecule has 0 fully saturated rings. The second-order valence-electron chi connectivity index (χ2n) is 4.96. The predicted molar refractivity (Wildman–Crippen MR) is 70.7 cm³/mol. The molecule has 0 saturated carbocycles. The van der Waals surface area contributed by atoms with E-state index in [1.807, 2.05) is 24.3 Å². The van der Waals surface area contributed by atoms with Gasteiger partial charge in [-0.15, -0.1) is 0 Å². The van der Waals surface area contributed by atoms with Gasteiger partial charge in [-0.25, -0.2) is 8.78 Å². The Labute approximate surface area is 115 Å². The molecule has 0 aliphatic carbocycles. The molecule has 1 heterocycles. The Morgan fingerprint density at radius 1 is 1.20 bits per heavy atom. The van der Waals surface area contributed by atoms with E-state index in [2.05, 4.69) is 0 Å². The highest BCUT2D eigenvalue weighted by atomic mass is 19.1. The van der Waals surface area contributed by atoms with Gasteiger partial charge in [0.25, 0.3) is 0 Å². The number of aliphatic hydroxyl groups is 1. The van der Waals surface area contributed by atoms with Crippen LogP contribution in [-0.2, 0) is 6.42 Å². The van der Waals surface area contributed by atoms with Gasteiger partial charge in [-0.1, -0.05) is 24.3 Å². The largest absolute Gasteiger partial charge is 0.493 e. The Bertz CT molecular complexity index is 628. The fourth-order valence-corrected chi connectivity index (χ4v) is 2.56. The smallest absolute Gasteiger partial charge is 0.129 e. The number of halogens is 2. The fraction of sp³-hybridized carbons (Fsp3) is 0.250. The van der Waals surface area contributed by atoms with E-state index < -0.39 is 17.7 Å². The maximum absolute atomic E-state index is 13.6. The first-order valence-corrected chi connectivity index (χ1v) is 6.49. The van der Waals surface area contributed by atoms with Crippen molar-refractivity contribution in [2.24, 2.45) is 0 Å². The summed E-state index contributed by atoms with van der Waals surface area (Å²) in [4.78, 5) is 0. The molecule has 1 aliphatic heterocycles. The van der Waals surface area contributed by atoms with E-state index in [9.17, 15) is 13.9 Å². The summed E-state index contributed by atoms with van der Waals surface area (Å²) in [6, 6.07) is 10.9. The minimum Gasteiger partial charge on any atom is -0.493 e. The number of para-hydroxylation sites is 1. The van der Waals surface area contributed by atoms with Crippen molar-refractivity contribution in [2.75, 3.05) is 6.61 Å². The molecule has 0 bridgehead atoms. The highest BCUT2D eigenvalue weighted by Gasteiger charge is 2.30. The van der Waals surface area contributed by atoms with Gasteiger partial charge in [-0.05, 0) is 17.7 Å². The van der Waals surface area contributed by atoms with Crippen LogP contribution in [0.1, 0.15) is 17.0 Å². The highest BCUT2D eigenvalue weighted by Crippen LogP contribution is 2.36. The molecule has 1 N–H and O–H groups in total. The quantitative estimate of drug-likeness (QED) is 0.933. The zero-order valence-electron chi connectivity index (χ0n) is 10.7. The van der Waals surface area contributed by atoms with Gasteiger partial charge in [0.1, 0.15) is 17.4 Å². The van der Waals surface area contributed by atoms with Crippen LogP contribution in [0.5, 0.6) is 5.75 Å². The molecule has 104 valence electrons. The molecule has 3 rings (SSSR count). The highest BCUT2D eigenvalue weighted by molar-refractivity contribution is 5.40. The summed E-state index contributed by atoms with van der Waals surface area (Å²) in [6.45, 7) is 0.378. The van der Waals surface area contributed by atoms with Crippen LogP contribution in [0.2, 0.25) is 0 Å². The third kappa shape index (κ3) is 2.39. The molecular weight excluding hydrogens is 262 g/mol. The molecule has 1 aliphatic rings. The van der Waals surface area contributed by atoms with E-state index >= 15 is 0 Å². The molecule has 2 aromatic rings. The Kier molecular flexibility index (Phi) is 3.40. The van der Waals surface area contributed by atoms with Gasteiger partial charge in [0.2, 0.25) is 0 Å². The maximum Gasteiger partial charge on any atom is 0.129 e. The van der Waals surface area contributed by atoms with E-state index in [4.69, 9.17) is 4.74 Å². The van der Waals surface area contributed by atoms with Gasteiger partial charge in [-0.2, -0.15) is 0 Å². The van der Waals surface area contributed by atoms with Crippen LogP contribution in [-0.4, -0.2) is 17.8 Å². The van der Waals surface area contributed by atoms with Gasteiger partial charge in [0.15, 0.2) is 0 Å². The first kappa shape index (κ1) is 13.1. The van der Waals surface area contributed by atoms with Crippen molar-refractivity contribution in [3.8, 4) is 5.75 Å². The Hall–Kier alpha value is -1.94. The summed E-state index contributed by atoms with van der Waals surface area (Å²) in [5, 5.41) is 10.3. The van der Waals surface area contributed by atoms with E-state index in [-0.39, 0.29) is 12.3 Å². The first-order valence-electron chi connectivity index (χ1n) is 6.49. The Balaban J connectivity index is 1.79. The van der Waals surface area contributed by atoms with Crippen molar-refractivity contribution in [3.05, 3.63) is 65.2 Å². The van der Waals surface area contributed by atoms with Gasteiger partial charge in [0.05, 0.1) is 12.7 Å².